The van der Waals surface area contributed by atoms with Crippen LogP contribution < -0.4 is 10.6 Å². The van der Waals surface area contributed by atoms with Crippen LogP contribution in [0.25, 0.3) is 29.9 Å². The minimum Gasteiger partial charge on any atom is -0.366 e. The third kappa shape index (κ3) is 25.4. The molecule has 0 amide bonds. The van der Waals surface area contributed by atoms with Crippen molar-refractivity contribution >= 4 is 77.1 Å². The van der Waals surface area contributed by atoms with Gasteiger partial charge in [0.1, 0.15) is 23.5 Å². The normalized spacial score (nSPS) is 15.6. The van der Waals surface area contributed by atoms with E-state index >= 15 is 0 Å². The van der Waals surface area contributed by atoms with Crippen LogP contribution in [-0.4, -0.2) is 11.6 Å². The minimum atomic E-state index is -0.547. The lowest BCUT2D eigenvalue weighted by atomic mass is 9.84. The number of carbonyl (C=O) groups is 2. The Balaban J connectivity index is 1.23. The number of benzene rings is 1. The van der Waals surface area contributed by atoms with E-state index in [0.717, 1.165) is 29.0 Å². The number of fused-ring (bicyclic) bond motifs is 2. The second kappa shape index (κ2) is 45.8. The predicted molar refractivity (Wildman–Crippen MR) is 421 cm³/mol. The van der Waals surface area contributed by atoms with Gasteiger partial charge >= 0.3 is 0 Å². The number of Topliss-reactive ketones (excluding diaryl/α,β-unsaturated/α-hetero) is 2. The maximum Gasteiger partial charge on any atom is 0.208 e. The summed E-state index contributed by atoms with van der Waals surface area (Å²) in [7, 11) is 0. The third-order valence-electron chi connectivity index (χ3n) is 21.7. The molecule has 94 heavy (non-hydrogen) atoms. The van der Waals surface area contributed by atoms with Gasteiger partial charge in [0.2, 0.25) is 11.6 Å². The summed E-state index contributed by atoms with van der Waals surface area (Å²) in [6.45, 7) is 18.5. The largest absolute Gasteiger partial charge is 0.366 e. The lowest BCUT2D eigenvalue weighted by Crippen LogP contribution is -2.30. The van der Waals surface area contributed by atoms with Gasteiger partial charge in [-0.2, -0.15) is 0 Å². The molecule has 8 heteroatoms. The van der Waals surface area contributed by atoms with E-state index in [4.69, 9.17) is 0 Å². The first-order valence-corrected chi connectivity index (χ1v) is 44.0. The molecule has 2 aliphatic heterocycles. The summed E-state index contributed by atoms with van der Waals surface area (Å²) in [6.07, 6.45) is 69.5. The number of unbranched alkanes of at least 4 members (excludes halogenated alkanes) is 38. The van der Waals surface area contributed by atoms with Gasteiger partial charge in [-0.05, 0) is 121 Å². The fourth-order valence-electron chi connectivity index (χ4n) is 15.9. The monoisotopic (exact) mass is 1360 g/mol. The summed E-state index contributed by atoms with van der Waals surface area (Å²) >= 11 is 7.80. The number of ketones is 2. The Hall–Kier alpha value is -2.78. The van der Waals surface area contributed by atoms with Crippen molar-refractivity contribution in [1.82, 2.24) is 10.6 Å². The lowest BCUT2D eigenvalue weighted by molar-refractivity contribution is -0.117. The van der Waals surface area contributed by atoms with Gasteiger partial charge in [-0.25, -0.2) is 0 Å². The summed E-state index contributed by atoms with van der Waals surface area (Å²) in [5, 5.41) is 10.3. The number of aryl methyl sites for hydroxylation is 4. The first-order valence-electron chi connectivity index (χ1n) is 40.7. The smallest absolute Gasteiger partial charge is 0.208 e. The fourth-order valence-corrected chi connectivity index (χ4v) is 20.8. The van der Waals surface area contributed by atoms with E-state index in [-0.39, 0.29) is 11.6 Å². The molecule has 5 aromatic rings. The zero-order chi connectivity index (χ0) is 66.5. The molecule has 0 aliphatic carbocycles. The number of hydrogen-bond donors (Lipinski definition) is 2. The van der Waals surface area contributed by atoms with Crippen molar-refractivity contribution in [3.8, 4) is 9.75 Å². The molecular weight excluding hydrogens is 1220 g/mol. The second-order valence-corrected chi connectivity index (χ2v) is 34.7. The van der Waals surface area contributed by atoms with Gasteiger partial charge in [-0.15, -0.1) is 45.3 Å². The van der Waals surface area contributed by atoms with Crippen molar-refractivity contribution in [1.29, 1.82) is 0 Å². The summed E-state index contributed by atoms with van der Waals surface area (Å²) in [5.41, 5.74) is 7.05. The van der Waals surface area contributed by atoms with E-state index in [9.17, 15) is 9.59 Å². The van der Waals surface area contributed by atoms with Gasteiger partial charge in [0.25, 0.3) is 0 Å². The maximum absolute atomic E-state index is 14.9. The number of rotatable bonds is 57. The molecule has 4 unspecified atom stereocenters. The summed E-state index contributed by atoms with van der Waals surface area (Å²) in [4.78, 5) is 37.0. The van der Waals surface area contributed by atoms with E-state index in [1.165, 1.54) is 345 Å². The van der Waals surface area contributed by atoms with Gasteiger partial charge in [0.15, 0.2) is 0 Å². The average molecular weight is 1360 g/mol. The van der Waals surface area contributed by atoms with E-state index in [2.05, 4.69) is 113 Å². The van der Waals surface area contributed by atoms with Gasteiger partial charge < -0.3 is 10.6 Å². The topological polar surface area (TPSA) is 58.2 Å². The molecule has 4 aromatic heterocycles. The molecule has 2 aliphatic rings. The average Bonchev–Trinajstić information content (AvgIpc) is 1.58. The molecule has 0 bridgehead atoms. The van der Waals surface area contributed by atoms with Crippen LogP contribution in [0, 0.1) is 25.7 Å². The van der Waals surface area contributed by atoms with Crippen LogP contribution in [0.1, 0.15) is 404 Å². The Morgan fingerprint density at radius 1 is 0.351 bits per heavy atom. The standard InChI is InChI=1S/C86H138N2O2S4/c1-9-15-21-27-31-35-37-41-45-49-54-67(53-47-43-39-33-29-23-17-11-3)60-72-71-59-65(7)91-85(71)73(61-68(55-48-44-40-34-30-24-18-12-4)56-50-46-42-38-36-32-28-22-16-10-2)74-64-77(94-86(72)74)84-70(58-52-26-20-14-6)63-76(93-84)79-83(90)81-80(88-79)82(89)78(87-81)75-62-69(66(8)92-75)57-51-25-19-13-5/h59,62-64,67-68,78-79,87-88H,9-58,60-61H2,1-8H3. The van der Waals surface area contributed by atoms with Crippen molar-refractivity contribution in [2.24, 2.45) is 11.8 Å². The Morgan fingerprint density at radius 2 is 0.670 bits per heavy atom. The highest BCUT2D eigenvalue weighted by atomic mass is 32.1. The van der Waals surface area contributed by atoms with Crippen molar-refractivity contribution in [2.75, 3.05) is 0 Å². The Morgan fingerprint density at radius 3 is 1.06 bits per heavy atom. The number of hydrogen-bond acceptors (Lipinski definition) is 8. The lowest BCUT2D eigenvalue weighted by Gasteiger charge is -2.22. The Labute approximate surface area is 593 Å². The quantitative estimate of drug-likeness (QED) is 0.0381. The molecule has 0 spiro atoms. The van der Waals surface area contributed by atoms with Crippen molar-refractivity contribution in [3.05, 3.63) is 77.4 Å². The zero-order valence-electron chi connectivity index (χ0n) is 61.8. The highest BCUT2D eigenvalue weighted by molar-refractivity contribution is 7.26. The molecule has 0 saturated heterocycles. The predicted octanol–water partition coefficient (Wildman–Crippen LogP) is 29.1. The molecule has 4 nitrogen and oxygen atoms in total. The van der Waals surface area contributed by atoms with E-state index in [1.807, 2.05) is 11.3 Å². The van der Waals surface area contributed by atoms with Crippen LogP contribution in [0.15, 0.2) is 35.7 Å². The van der Waals surface area contributed by atoms with Crippen molar-refractivity contribution in [3.63, 3.8) is 0 Å². The maximum atomic E-state index is 14.9. The van der Waals surface area contributed by atoms with Crippen LogP contribution >= 0.6 is 45.3 Å². The van der Waals surface area contributed by atoms with E-state index < -0.39 is 12.1 Å². The first-order chi connectivity index (χ1) is 46.1. The molecule has 1 aromatic carbocycles. The molecule has 0 saturated carbocycles. The Bertz CT molecular complexity index is 2820. The van der Waals surface area contributed by atoms with Crippen LogP contribution in [0.2, 0.25) is 0 Å². The van der Waals surface area contributed by atoms with Crippen molar-refractivity contribution < 1.29 is 9.59 Å². The molecule has 0 fully saturated rings. The van der Waals surface area contributed by atoms with Crippen LogP contribution in [0.5, 0.6) is 0 Å². The first kappa shape index (κ1) is 78.6. The fraction of sp³-hybridized carbons (Fsp3) is 0.744. The van der Waals surface area contributed by atoms with Gasteiger partial charge in [-0.1, -0.05) is 337 Å². The molecule has 4 atom stereocenters. The summed E-state index contributed by atoms with van der Waals surface area (Å²) in [5.74, 6) is 1.42. The van der Waals surface area contributed by atoms with E-state index in [1.54, 1.807) is 42.6 Å². The van der Waals surface area contributed by atoms with Gasteiger partial charge in [0.05, 0.1) is 0 Å². The minimum absolute atomic E-state index is 0.0173. The summed E-state index contributed by atoms with van der Waals surface area (Å²) in [6, 6.07) is 8.94. The SMILES string of the molecule is CCCCCCCCCCCCC(CCCCCCCCCC)Cc1c2cc(-c3sc(C4NC5=C(NC(c6cc(CCCCCC)c(C)s6)C5=O)C4=O)cc3CCCCCC)sc2c(CC(CCCCCCCCCC)CCCCCCCCCCCC)c2cc(C)sc12. The molecule has 2 N–H and O–H groups in total. The second-order valence-electron chi connectivity index (χ2n) is 30.0. The molecule has 6 heterocycles. The van der Waals surface area contributed by atoms with Gasteiger partial charge in [-0.3, -0.25) is 9.59 Å². The number of carbonyl (C=O) groups excluding carboxylic acids is 2. The number of nitrogens with one attached hydrogen (secondary N) is 2. The third-order valence-corrected chi connectivity index (χ3v) is 26.6. The summed E-state index contributed by atoms with van der Waals surface area (Å²) < 4.78 is 3.17. The van der Waals surface area contributed by atoms with Crippen LogP contribution in [0.4, 0.5) is 0 Å². The van der Waals surface area contributed by atoms with Crippen LogP contribution in [0.3, 0.4) is 0 Å². The highest BCUT2D eigenvalue weighted by Crippen LogP contribution is 2.50. The molecule has 528 valence electrons. The molecular formula is C86H138N2O2S4. The molecule has 0 radical (unpaired) electrons. The Kier molecular flexibility index (Phi) is 38.3. The number of thiophene rings is 4. The van der Waals surface area contributed by atoms with E-state index in [0.29, 0.717) is 23.2 Å². The molecule has 7 rings (SSSR count). The zero-order valence-corrected chi connectivity index (χ0v) is 65.1. The van der Waals surface area contributed by atoms with Crippen LogP contribution in [-0.2, 0) is 35.3 Å². The van der Waals surface area contributed by atoms with Crippen molar-refractivity contribution in [2.45, 2.75) is 401 Å². The van der Waals surface area contributed by atoms with Gasteiger partial charge in [0, 0.05) is 38.7 Å². The highest BCUT2D eigenvalue weighted by Gasteiger charge is 2.46.